The molecule has 0 unspecified atom stereocenters. The Labute approximate surface area is 336 Å². The van der Waals surface area contributed by atoms with Crippen molar-refractivity contribution >= 4 is 33.6 Å². The fraction of sp³-hybridized carbons (Fsp3) is 0.222. The summed E-state index contributed by atoms with van der Waals surface area (Å²) >= 11 is 0. The van der Waals surface area contributed by atoms with Crippen LogP contribution in [0.1, 0.15) is 70.0 Å². The van der Waals surface area contributed by atoms with E-state index in [1.807, 2.05) is 47.4 Å². The average Bonchev–Trinajstić information content (AvgIpc) is 4.09. The van der Waals surface area contributed by atoms with Crippen molar-refractivity contribution < 1.29 is 27.4 Å². The predicted molar refractivity (Wildman–Crippen MR) is 215 cm³/mol. The van der Waals surface area contributed by atoms with Gasteiger partial charge in [0.1, 0.15) is 11.6 Å². The maximum atomic E-state index is 13.2. The molecule has 14 heteroatoms. The number of nitrogens with zero attached hydrogens (tertiary/aromatic N) is 7. The van der Waals surface area contributed by atoms with Crippen molar-refractivity contribution in [3.8, 4) is 22.8 Å². The first-order chi connectivity index (χ1) is 28.9. The van der Waals surface area contributed by atoms with Gasteiger partial charge in [-0.2, -0.15) is 9.97 Å². The van der Waals surface area contributed by atoms with Crippen LogP contribution < -0.4 is 0 Å². The highest BCUT2D eigenvalue weighted by atomic mass is 19.1. The number of benzene rings is 5. The Balaban J connectivity index is 0.000000152. The molecule has 296 valence electrons. The second-order valence-corrected chi connectivity index (χ2v) is 14.8. The van der Waals surface area contributed by atoms with E-state index in [9.17, 15) is 18.4 Å². The van der Waals surface area contributed by atoms with Gasteiger partial charge in [-0.25, -0.2) is 13.8 Å². The third kappa shape index (κ3) is 8.06. The number of hydrogen-bond donors (Lipinski definition) is 1. The summed E-state index contributed by atoms with van der Waals surface area (Å²) in [5.41, 5.74) is 4.40. The van der Waals surface area contributed by atoms with Gasteiger partial charge in [-0.15, -0.1) is 0 Å². The molecule has 5 aromatic carbocycles. The van der Waals surface area contributed by atoms with Gasteiger partial charge in [0.05, 0.1) is 29.2 Å². The molecule has 12 nitrogen and oxygen atoms in total. The third-order valence-corrected chi connectivity index (χ3v) is 10.9. The molecule has 0 saturated carbocycles. The first-order valence-corrected chi connectivity index (χ1v) is 19.5. The van der Waals surface area contributed by atoms with Gasteiger partial charge in [-0.3, -0.25) is 9.59 Å². The SMILES string of the molecule is O=C(c1ccc(F)cc1)N1CCC[C@H](c2nc(-c3cccc4ccccc34)no2)C1.O=C(c1ccc2nc[nH]c2c1)N1CCC[C@H](c2nc(-c3ccc(F)cc3)no2)C1. The minimum Gasteiger partial charge on any atom is -0.345 e. The quantitative estimate of drug-likeness (QED) is 0.174. The van der Waals surface area contributed by atoms with Crippen LogP contribution in [0.25, 0.3) is 44.6 Å². The molecule has 0 radical (unpaired) electrons. The second-order valence-electron chi connectivity index (χ2n) is 14.8. The lowest BCUT2D eigenvalue weighted by Gasteiger charge is -2.31. The highest BCUT2D eigenvalue weighted by Crippen LogP contribution is 2.32. The molecule has 0 spiro atoms. The molecule has 2 atom stereocenters. The summed E-state index contributed by atoms with van der Waals surface area (Å²) in [4.78, 5) is 45.8. The van der Waals surface area contributed by atoms with E-state index >= 15 is 0 Å². The minimum absolute atomic E-state index is 0.0145. The van der Waals surface area contributed by atoms with E-state index in [0.29, 0.717) is 66.3 Å². The highest BCUT2D eigenvalue weighted by molar-refractivity contribution is 5.97. The largest absolute Gasteiger partial charge is 0.345 e. The van der Waals surface area contributed by atoms with E-state index in [1.165, 1.54) is 36.4 Å². The molecular formula is C45H38F2N8O4. The minimum atomic E-state index is -0.352. The summed E-state index contributed by atoms with van der Waals surface area (Å²) in [7, 11) is 0. The molecule has 2 fully saturated rings. The lowest BCUT2D eigenvalue weighted by molar-refractivity contribution is 0.0688. The van der Waals surface area contributed by atoms with Crippen LogP contribution in [0.2, 0.25) is 0 Å². The number of rotatable bonds is 6. The number of fused-ring (bicyclic) bond motifs is 2. The van der Waals surface area contributed by atoms with E-state index in [0.717, 1.165) is 53.1 Å². The fourth-order valence-corrected chi connectivity index (χ4v) is 7.80. The second kappa shape index (κ2) is 16.4. The summed E-state index contributed by atoms with van der Waals surface area (Å²) in [5, 5.41) is 10.4. The van der Waals surface area contributed by atoms with E-state index in [2.05, 4.69) is 42.4 Å². The zero-order chi connectivity index (χ0) is 40.3. The average molecular weight is 793 g/mol. The molecule has 2 saturated heterocycles. The fourth-order valence-electron chi connectivity index (χ4n) is 7.80. The number of piperidine rings is 2. The summed E-state index contributed by atoms with van der Waals surface area (Å²) in [6.07, 6.45) is 5.07. The number of carbonyl (C=O) groups is 2. The molecule has 10 rings (SSSR count). The van der Waals surface area contributed by atoms with Gasteiger partial charge in [-0.1, -0.05) is 52.8 Å². The number of H-pyrrole nitrogens is 1. The van der Waals surface area contributed by atoms with Crippen molar-refractivity contribution in [2.75, 3.05) is 26.2 Å². The molecule has 59 heavy (non-hydrogen) atoms. The Hall–Kier alpha value is -7.09. The smallest absolute Gasteiger partial charge is 0.253 e. The first-order valence-electron chi connectivity index (χ1n) is 19.5. The van der Waals surface area contributed by atoms with Crippen LogP contribution in [0, 0.1) is 11.6 Å². The zero-order valence-electron chi connectivity index (χ0n) is 31.8. The highest BCUT2D eigenvalue weighted by Gasteiger charge is 2.31. The standard InChI is InChI=1S/C24H20FN3O2.C21H18FN5O2/c25-19-12-10-17(11-13-19)24(29)28-14-4-7-18(15-28)23-26-22(27-30-23)21-9-3-6-16-5-1-2-8-20(16)21;22-16-6-3-13(4-7-16)19-25-20(29-26-19)15-2-1-9-27(11-15)21(28)14-5-8-17-18(10-14)24-12-23-17/h1-3,5-6,8-13,18H,4,7,14-15H2;3-8,10,12,15H,1-2,9,11H2,(H,23,24)/t18-;15-/m00/s1. The summed E-state index contributed by atoms with van der Waals surface area (Å²) < 4.78 is 37.4. The summed E-state index contributed by atoms with van der Waals surface area (Å²) in [5.74, 6) is 1.21. The molecule has 2 aliphatic heterocycles. The molecule has 2 aliphatic rings. The molecular weight excluding hydrogens is 755 g/mol. The maximum absolute atomic E-state index is 13.2. The van der Waals surface area contributed by atoms with Gasteiger partial charge in [0.25, 0.3) is 11.8 Å². The molecule has 0 aliphatic carbocycles. The number of nitrogens with one attached hydrogen (secondary N) is 1. The monoisotopic (exact) mass is 792 g/mol. The summed E-state index contributed by atoms with van der Waals surface area (Å²) in [6.45, 7) is 2.38. The molecule has 8 aromatic rings. The van der Waals surface area contributed by atoms with Crippen molar-refractivity contribution in [3.05, 3.63) is 150 Å². The van der Waals surface area contributed by atoms with Gasteiger partial charge in [0.2, 0.25) is 23.4 Å². The zero-order valence-corrected chi connectivity index (χ0v) is 31.8. The van der Waals surface area contributed by atoms with Crippen molar-refractivity contribution in [1.29, 1.82) is 0 Å². The number of imidazole rings is 1. The van der Waals surface area contributed by atoms with Crippen LogP contribution >= 0.6 is 0 Å². The van der Waals surface area contributed by atoms with Crippen molar-refractivity contribution in [3.63, 3.8) is 0 Å². The van der Waals surface area contributed by atoms with Crippen LogP contribution in [0.3, 0.4) is 0 Å². The maximum Gasteiger partial charge on any atom is 0.253 e. The van der Waals surface area contributed by atoms with E-state index in [4.69, 9.17) is 9.05 Å². The van der Waals surface area contributed by atoms with E-state index < -0.39 is 0 Å². The summed E-state index contributed by atoms with van der Waals surface area (Å²) in [6, 6.07) is 31.2. The van der Waals surface area contributed by atoms with Gasteiger partial charge >= 0.3 is 0 Å². The Morgan fingerprint density at radius 2 is 1.25 bits per heavy atom. The Morgan fingerprint density at radius 1 is 0.661 bits per heavy atom. The molecule has 1 N–H and O–H groups in total. The van der Waals surface area contributed by atoms with Gasteiger partial charge in [0, 0.05) is 48.4 Å². The van der Waals surface area contributed by atoms with Crippen molar-refractivity contribution in [1.82, 2.24) is 40.0 Å². The van der Waals surface area contributed by atoms with Gasteiger partial charge in [0.15, 0.2) is 0 Å². The number of aromatic amines is 1. The molecule has 2 amide bonds. The first kappa shape index (κ1) is 37.5. The number of aromatic nitrogens is 6. The molecule has 0 bridgehead atoms. The molecule has 5 heterocycles. The number of amides is 2. The normalized spacial score (nSPS) is 16.8. The van der Waals surface area contributed by atoms with Crippen molar-refractivity contribution in [2.24, 2.45) is 0 Å². The predicted octanol–water partition coefficient (Wildman–Crippen LogP) is 8.82. The Kier molecular flexibility index (Phi) is 10.4. The van der Waals surface area contributed by atoms with Gasteiger partial charge < -0.3 is 23.8 Å². The Morgan fingerprint density at radius 3 is 1.97 bits per heavy atom. The Bertz CT molecular complexity index is 2740. The number of hydrogen-bond acceptors (Lipinski definition) is 9. The van der Waals surface area contributed by atoms with Gasteiger partial charge in [-0.05, 0) is 103 Å². The van der Waals surface area contributed by atoms with E-state index in [1.54, 1.807) is 29.4 Å². The molecule has 3 aromatic heterocycles. The third-order valence-electron chi connectivity index (χ3n) is 10.9. The van der Waals surface area contributed by atoms with Crippen LogP contribution in [0.5, 0.6) is 0 Å². The van der Waals surface area contributed by atoms with Crippen LogP contribution in [-0.2, 0) is 0 Å². The van der Waals surface area contributed by atoms with Crippen LogP contribution in [0.15, 0.2) is 125 Å². The number of likely N-dealkylation sites (tertiary alicyclic amines) is 2. The number of halogens is 2. The lowest BCUT2D eigenvalue weighted by Crippen LogP contribution is -2.39. The van der Waals surface area contributed by atoms with Crippen molar-refractivity contribution in [2.45, 2.75) is 37.5 Å². The van der Waals surface area contributed by atoms with Crippen LogP contribution in [-0.4, -0.2) is 78.0 Å². The lowest BCUT2D eigenvalue weighted by atomic mass is 9.97. The topological polar surface area (TPSA) is 147 Å². The van der Waals surface area contributed by atoms with E-state index in [-0.39, 0.29) is 35.3 Å². The number of carbonyl (C=O) groups excluding carboxylic acids is 2. The van der Waals surface area contributed by atoms with Crippen LogP contribution in [0.4, 0.5) is 8.78 Å².